The summed E-state index contributed by atoms with van der Waals surface area (Å²) in [6, 6.07) is 17.3. The first-order valence-electron chi connectivity index (χ1n) is 17.3. The van der Waals surface area contributed by atoms with Crippen molar-refractivity contribution in [3.63, 3.8) is 0 Å². The highest BCUT2D eigenvalue weighted by Crippen LogP contribution is 2.35. The third-order valence-corrected chi connectivity index (χ3v) is 9.04. The Morgan fingerprint density at radius 3 is 2.61 bits per heavy atom. The molecule has 2 aromatic carbocycles. The van der Waals surface area contributed by atoms with Crippen LogP contribution < -0.4 is 14.5 Å². The Morgan fingerprint density at radius 2 is 1.84 bits per heavy atom. The molecule has 264 valence electrons. The fourth-order valence-electron chi connectivity index (χ4n) is 6.84. The maximum atomic E-state index is 13.1. The molecule has 3 aliphatic heterocycles. The van der Waals surface area contributed by atoms with Gasteiger partial charge in [-0.3, -0.25) is 4.90 Å². The van der Waals surface area contributed by atoms with E-state index in [-0.39, 0.29) is 24.7 Å². The second-order valence-electron chi connectivity index (χ2n) is 13.7. The van der Waals surface area contributed by atoms with Gasteiger partial charge in [0.05, 0.1) is 50.1 Å². The molecule has 2 saturated heterocycles. The first-order chi connectivity index (χ1) is 23.7. The smallest absolute Gasteiger partial charge is 0.410 e. The molecule has 0 N–H and O–H groups in total. The Bertz CT molecular complexity index is 1600. The average molecular weight is 690 g/mol. The molecule has 3 aromatic rings. The summed E-state index contributed by atoms with van der Waals surface area (Å²) in [6.45, 7) is 14.7. The molecule has 0 radical (unpaired) electrons. The number of carbonyl (C=O) groups excluding carboxylic acids is 1. The van der Waals surface area contributed by atoms with Gasteiger partial charge >= 0.3 is 12.1 Å². The number of thiol groups is 1. The minimum atomic E-state index is -0.612. The van der Waals surface area contributed by atoms with Crippen LogP contribution in [-0.4, -0.2) is 109 Å². The normalized spacial score (nSPS) is 19.8. The summed E-state index contributed by atoms with van der Waals surface area (Å²) in [6.07, 6.45) is 3.41. The summed E-state index contributed by atoms with van der Waals surface area (Å²) >= 11 is 3.53. The van der Waals surface area contributed by atoms with Gasteiger partial charge in [-0.1, -0.05) is 36.4 Å². The zero-order valence-electron chi connectivity index (χ0n) is 29.6. The molecule has 49 heavy (non-hydrogen) atoms. The predicted molar refractivity (Wildman–Crippen MR) is 197 cm³/mol. The molecule has 1 aromatic heterocycles. The molecule has 3 aliphatic rings. The molecule has 0 spiro atoms. The highest BCUT2D eigenvalue weighted by molar-refractivity contribution is 7.79. The van der Waals surface area contributed by atoms with E-state index in [4.69, 9.17) is 24.2 Å². The minimum absolute atomic E-state index is 0.210. The summed E-state index contributed by atoms with van der Waals surface area (Å²) in [5.74, 6) is 0.844. The zero-order valence-corrected chi connectivity index (χ0v) is 30.5. The Morgan fingerprint density at radius 1 is 1.04 bits per heavy atom. The van der Waals surface area contributed by atoms with Gasteiger partial charge in [-0.25, -0.2) is 4.79 Å². The number of ether oxygens (including phenoxy) is 3. The Kier molecular flexibility index (Phi) is 12.5. The standard InChI is InChI=1S/C36H47N7O4.CH4S/c1-26-23-40(20-22-45-26)16-8-21-46-34-38-31-25-41(32-12-7-10-27-9-5-6-11-29(27)32)17-14-30(31)33(39-34)42-18-19-43(28(24-42)13-15-37)35(44)47-36(2,3)4;1-2/h5-7,9-12,26,28H,8,13-14,16-25H2,1-4H3;2H,1H3/t26-,28?;/m0./s1. The van der Waals surface area contributed by atoms with Crippen LogP contribution in [0.4, 0.5) is 16.3 Å². The van der Waals surface area contributed by atoms with Gasteiger partial charge in [-0.15, -0.1) is 0 Å². The average Bonchev–Trinajstić information content (AvgIpc) is 3.09. The number of morpholine rings is 1. The molecule has 2 atom stereocenters. The molecule has 0 saturated carbocycles. The third kappa shape index (κ3) is 9.26. The molecule has 12 heteroatoms. The van der Waals surface area contributed by atoms with Crippen molar-refractivity contribution in [2.45, 2.75) is 71.2 Å². The van der Waals surface area contributed by atoms with E-state index in [0.717, 1.165) is 62.7 Å². The zero-order chi connectivity index (χ0) is 35.0. The van der Waals surface area contributed by atoms with Gasteiger partial charge in [-0.2, -0.15) is 27.9 Å². The SMILES string of the molecule is CS.C[C@H]1CN(CCCOc2nc3c(c(N4CCN(C(=O)OC(C)(C)C)C(CC#N)C4)n2)CCN(c2cccc4ccccc24)C3)CCO1. The maximum Gasteiger partial charge on any atom is 0.410 e. The molecule has 6 rings (SSSR count). The predicted octanol–water partition coefficient (Wildman–Crippen LogP) is 5.57. The lowest BCUT2D eigenvalue weighted by Crippen LogP contribution is -2.56. The van der Waals surface area contributed by atoms with Crippen LogP contribution in [0.1, 0.15) is 51.8 Å². The number of carbonyl (C=O) groups is 1. The van der Waals surface area contributed by atoms with Gasteiger partial charge in [-0.05, 0) is 58.2 Å². The van der Waals surface area contributed by atoms with Gasteiger partial charge < -0.3 is 28.9 Å². The van der Waals surface area contributed by atoms with Crippen LogP contribution in [0.3, 0.4) is 0 Å². The van der Waals surface area contributed by atoms with Crippen LogP contribution in [0.25, 0.3) is 10.8 Å². The number of fused-ring (bicyclic) bond motifs is 2. The second kappa shape index (κ2) is 16.7. The van der Waals surface area contributed by atoms with Crippen LogP contribution >= 0.6 is 12.6 Å². The van der Waals surface area contributed by atoms with Gasteiger partial charge in [0.15, 0.2) is 0 Å². The van der Waals surface area contributed by atoms with Crippen molar-refractivity contribution >= 4 is 41.0 Å². The van der Waals surface area contributed by atoms with Gasteiger partial charge in [0, 0.05) is 62.5 Å². The van der Waals surface area contributed by atoms with E-state index >= 15 is 0 Å². The van der Waals surface area contributed by atoms with Gasteiger partial charge in [0.1, 0.15) is 11.4 Å². The lowest BCUT2D eigenvalue weighted by Gasteiger charge is -2.42. The molecule has 11 nitrogen and oxygen atoms in total. The molecule has 0 bridgehead atoms. The number of aromatic nitrogens is 2. The molecular formula is C37H51N7O4S. The van der Waals surface area contributed by atoms with E-state index in [1.807, 2.05) is 20.8 Å². The van der Waals surface area contributed by atoms with E-state index in [1.165, 1.54) is 16.5 Å². The van der Waals surface area contributed by atoms with Crippen LogP contribution in [0.5, 0.6) is 6.01 Å². The largest absolute Gasteiger partial charge is 0.463 e. The van der Waals surface area contributed by atoms with Crippen LogP contribution in [0.15, 0.2) is 42.5 Å². The number of piperazine rings is 1. The highest BCUT2D eigenvalue weighted by atomic mass is 32.1. The van der Waals surface area contributed by atoms with E-state index in [2.05, 4.69) is 82.8 Å². The third-order valence-electron chi connectivity index (χ3n) is 9.04. The first kappa shape index (κ1) is 36.5. The van der Waals surface area contributed by atoms with Crippen molar-refractivity contribution in [3.05, 3.63) is 53.7 Å². The summed E-state index contributed by atoms with van der Waals surface area (Å²) < 4.78 is 17.6. The molecule has 1 amide bonds. The number of amides is 1. The van der Waals surface area contributed by atoms with E-state index < -0.39 is 5.60 Å². The number of rotatable bonds is 8. The van der Waals surface area contributed by atoms with Crippen molar-refractivity contribution < 1.29 is 19.0 Å². The van der Waals surface area contributed by atoms with E-state index in [0.29, 0.717) is 38.8 Å². The summed E-state index contributed by atoms with van der Waals surface area (Å²) in [5, 5.41) is 12.1. The number of nitrogens with zero attached hydrogens (tertiary/aromatic N) is 7. The Hall–Kier alpha value is -3.79. The second-order valence-corrected chi connectivity index (χ2v) is 13.7. The lowest BCUT2D eigenvalue weighted by atomic mass is 10.0. The summed E-state index contributed by atoms with van der Waals surface area (Å²) in [4.78, 5) is 31.8. The van der Waals surface area contributed by atoms with Gasteiger partial charge in [0.2, 0.25) is 0 Å². The van der Waals surface area contributed by atoms with Crippen LogP contribution in [0.2, 0.25) is 0 Å². The van der Waals surface area contributed by atoms with Crippen LogP contribution in [-0.2, 0) is 22.4 Å². The molecule has 4 heterocycles. The Labute approximate surface area is 296 Å². The number of hydrogen-bond acceptors (Lipinski definition) is 11. The molecule has 2 fully saturated rings. The van der Waals surface area contributed by atoms with E-state index in [9.17, 15) is 10.1 Å². The molecule has 0 aliphatic carbocycles. The van der Waals surface area contributed by atoms with Crippen molar-refractivity contribution in [1.29, 1.82) is 5.26 Å². The topological polar surface area (TPSA) is 107 Å². The quantitative estimate of drug-likeness (QED) is 0.239. The summed E-state index contributed by atoms with van der Waals surface area (Å²) in [7, 11) is 0. The van der Waals surface area contributed by atoms with Crippen LogP contribution in [0, 0.1) is 11.3 Å². The van der Waals surface area contributed by atoms with Crippen molar-refractivity contribution in [3.8, 4) is 12.1 Å². The highest BCUT2D eigenvalue weighted by Gasteiger charge is 2.36. The number of nitriles is 1. The molecule has 1 unspecified atom stereocenters. The minimum Gasteiger partial charge on any atom is -0.463 e. The van der Waals surface area contributed by atoms with Gasteiger partial charge in [0.25, 0.3) is 0 Å². The maximum absolute atomic E-state index is 13.1. The lowest BCUT2D eigenvalue weighted by molar-refractivity contribution is -0.0194. The number of hydrogen-bond donors (Lipinski definition) is 1. The monoisotopic (exact) mass is 689 g/mol. The Balaban J connectivity index is 0.00000230. The van der Waals surface area contributed by atoms with Crippen molar-refractivity contribution in [2.75, 3.05) is 75.1 Å². The van der Waals surface area contributed by atoms with E-state index in [1.54, 1.807) is 11.2 Å². The molecular weight excluding hydrogens is 639 g/mol. The number of benzene rings is 2. The first-order valence-corrected chi connectivity index (χ1v) is 18.2. The fraction of sp³-hybridized carbons (Fsp3) is 0.568. The van der Waals surface area contributed by atoms with Crippen molar-refractivity contribution in [1.82, 2.24) is 19.8 Å². The summed E-state index contributed by atoms with van der Waals surface area (Å²) in [5.41, 5.74) is 2.64. The van der Waals surface area contributed by atoms with Crippen molar-refractivity contribution in [2.24, 2.45) is 0 Å². The number of anilines is 2. The fourth-order valence-corrected chi connectivity index (χ4v) is 6.84.